The fourth-order valence-electron chi connectivity index (χ4n) is 3.05. The van der Waals surface area contributed by atoms with E-state index in [1.165, 1.54) is 11.3 Å². The van der Waals surface area contributed by atoms with Crippen molar-refractivity contribution in [1.29, 1.82) is 0 Å². The van der Waals surface area contributed by atoms with Crippen LogP contribution in [0.15, 0.2) is 47.9 Å². The van der Waals surface area contributed by atoms with Crippen molar-refractivity contribution in [1.82, 2.24) is 4.98 Å². The lowest BCUT2D eigenvalue weighted by molar-refractivity contribution is -0.117. The Morgan fingerprint density at radius 2 is 2.04 bits per heavy atom. The molecule has 136 valence electrons. The zero-order valence-electron chi connectivity index (χ0n) is 15.1. The molecule has 1 aromatic carbocycles. The van der Waals surface area contributed by atoms with E-state index in [1.54, 1.807) is 0 Å². The highest BCUT2D eigenvalue weighted by Gasteiger charge is 2.31. The molecule has 1 aromatic heterocycles. The van der Waals surface area contributed by atoms with Gasteiger partial charge in [-0.05, 0) is 37.1 Å². The summed E-state index contributed by atoms with van der Waals surface area (Å²) in [7, 11) is 4.00. The number of allylic oxidation sites excluding steroid dienone is 4. The number of carbonyl (C=O) groups is 1. The summed E-state index contributed by atoms with van der Waals surface area (Å²) in [5, 5.41) is 6.19. The SMILES string of the molecule is Cc1csc(NC(=O)CC2(Cc3cc(N(C)C)ccc3Cl)C=CC=C2)n1. The van der Waals surface area contributed by atoms with Crippen LogP contribution < -0.4 is 10.2 Å². The van der Waals surface area contributed by atoms with Crippen molar-refractivity contribution in [3.8, 4) is 0 Å². The molecular weight excluding hydrogens is 366 g/mol. The van der Waals surface area contributed by atoms with Gasteiger partial charge >= 0.3 is 0 Å². The molecule has 2 aromatic rings. The number of benzene rings is 1. The normalized spacial score (nSPS) is 14.6. The van der Waals surface area contributed by atoms with Crippen LogP contribution in [0.25, 0.3) is 0 Å². The van der Waals surface area contributed by atoms with Gasteiger partial charge in [-0.1, -0.05) is 35.9 Å². The van der Waals surface area contributed by atoms with Gasteiger partial charge in [0.15, 0.2) is 5.13 Å². The van der Waals surface area contributed by atoms with Gasteiger partial charge in [-0.15, -0.1) is 11.3 Å². The summed E-state index contributed by atoms with van der Waals surface area (Å²) in [6, 6.07) is 6.00. The lowest BCUT2D eigenvalue weighted by Crippen LogP contribution is -2.25. The number of hydrogen-bond donors (Lipinski definition) is 1. The van der Waals surface area contributed by atoms with Gasteiger partial charge < -0.3 is 10.2 Å². The number of aryl methyl sites for hydroxylation is 1. The molecule has 4 nitrogen and oxygen atoms in total. The third-order valence-corrected chi connectivity index (χ3v) is 5.63. The van der Waals surface area contributed by atoms with E-state index in [0.717, 1.165) is 22.0 Å². The van der Waals surface area contributed by atoms with Gasteiger partial charge in [-0.2, -0.15) is 0 Å². The number of anilines is 2. The average Bonchev–Trinajstić information content (AvgIpc) is 3.18. The molecule has 1 aliphatic carbocycles. The smallest absolute Gasteiger partial charge is 0.227 e. The lowest BCUT2D eigenvalue weighted by Gasteiger charge is -2.26. The summed E-state index contributed by atoms with van der Waals surface area (Å²) in [6.45, 7) is 1.91. The minimum Gasteiger partial charge on any atom is -0.378 e. The number of nitrogens with one attached hydrogen (secondary N) is 1. The summed E-state index contributed by atoms with van der Waals surface area (Å²) in [5.41, 5.74) is 2.67. The molecule has 0 atom stereocenters. The minimum atomic E-state index is -0.370. The van der Waals surface area contributed by atoms with E-state index in [9.17, 15) is 4.79 Å². The Balaban J connectivity index is 1.78. The lowest BCUT2D eigenvalue weighted by atomic mass is 9.79. The zero-order chi connectivity index (χ0) is 18.7. The van der Waals surface area contributed by atoms with Crippen molar-refractivity contribution < 1.29 is 4.79 Å². The fraction of sp³-hybridized carbons (Fsp3) is 0.300. The van der Waals surface area contributed by atoms with Gasteiger partial charge in [0.25, 0.3) is 0 Å². The monoisotopic (exact) mass is 387 g/mol. The van der Waals surface area contributed by atoms with Crippen LogP contribution in [0.2, 0.25) is 5.02 Å². The highest BCUT2D eigenvalue weighted by atomic mass is 35.5. The van der Waals surface area contributed by atoms with Crippen LogP contribution in [0.1, 0.15) is 17.7 Å². The molecule has 0 spiro atoms. The molecule has 0 saturated heterocycles. The van der Waals surface area contributed by atoms with E-state index in [1.807, 2.05) is 55.6 Å². The third-order valence-electron chi connectivity index (χ3n) is 4.39. The predicted octanol–water partition coefficient (Wildman–Crippen LogP) is 4.85. The zero-order valence-corrected chi connectivity index (χ0v) is 16.7. The van der Waals surface area contributed by atoms with Gasteiger partial charge in [-0.25, -0.2) is 4.98 Å². The van der Waals surface area contributed by atoms with Gasteiger partial charge in [0.2, 0.25) is 5.91 Å². The van der Waals surface area contributed by atoms with E-state index in [2.05, 4.69) is 28.5 Å². The number of halogens is 1. The van der Waals surface area contributed by atoms with Crippen LogP contribution in [-0.2, 0) is 11.2 Å². The maximum Gasteiger partial charge on any atom is 0.227 e. The minimum absolute atomic E-state index is 0.0459. The number of amides is 1. The number of thiazole rings is 1. The molecule has 6 heteroatoms. The first-order valence-corrected chi connectivity index (χ1v) is 9.67. The Morgan fingerprint density at radius 3 is 2.65 bits per heavy atom. The molecule has 0 bridgehead atoms. The van der Waals surface area contributed by atoms with Crippen LogP contribution in [0, 0.1) is 12.3 Å². The van der Waals surface area contributed by atoms with E-state index in [0.29, 0.717) is 18.0 Å². The van der Waals surface area contributed by atoms with Crippen molar-refractivity contribution in [2.24, 2.45) is 5.41 Å². The first kappa shape index (κ1) is 18.7. The van der Waals surface area contributed by atoms with Gasteiger partial charge in [0.1, 0.15) is 0 Å². The molecule has 1 N–H and O–H groups in total. The molecule has 1 aliphatic rings. The van der Waals surface area contributed by atoms with Crippen LogP contribution >= 0.6 is 22.9 Å². The number of rotatable bonds is 6. The van der Waals surface area contributed by atoms with Gasteiger partial charge in [-0.3, -0.25) is 4.79 Å². The highest BCUT2D eigenvalue weighted by Crippen LogP contribution is 2.37. The Morgan fingerprint density at radius 1 is 1.31 bits per heavy atom. The standard InChI is InChI=1S/C20H22ClN3OS/c1-14-13-26-19(22-14)23-18(25)12-20(8-4-5-9-20)11-15-10-16(24(2)3)6-7-17(15)21/h4-10,13H,11-12H2,1-3H3,(H,22,23,25). The predicted molar refractivity (Wildman–Crippen MR) is 110 cm³/mol. The first-order valence-electron chi connectivity index (χ1n) is 8.42. The van der Waals surface area contributed by atoms with Gasteiger partial charge in [0, 0.05) is 42.0 Å². The molecule has 1 heterocycles. The average molecular weight is 388 g/mol. The number of nitrogens with zero attached hydrogens (tertiary/aromatic N) is 2. The molecule has 0 aliphatic heterocycles. The van der Waals surface area contributed by atoms with Gasteiger partial charge in [0.05, 0.1) is 5.69 Å². The molecule has 0 saturated carbocycles. The van der Waals surface area contributed by atoms with Crippen LogP contribution in [0.5, 0.6) is 0 Å². The molecule has 0 fully saturated rings. The fourth-order valence-corrected chi connectivity index (χ4v) is 3.94. The highest BCUT2D eigenvalue weighted by molar-refractivity contribution is 7.13. The topological polar surface area (TPSA) is 45.2 Å². The van der Waals surface area contributed by atoms with E-state index in [4.69, 9.17) is 11.6 Å². The van der Waals surface area contributed by atoms with Crippen molar-refractivity contribution in [2.45, 2.75) is 19.8 Å². The second kappa shape index (κ2) is 7.64. The molecule has 26 heavy (non-hydrogen) atoms. The van der Waals surface area contributed by atoms with Crippen molar-refractivity contribution in [3.05, 3.63) is 64.2 Å². The summed E-state index contributed by atoms with van der Waals surface area (Å²) in [5.74, 6) is -0.0459. The van der Waals surface area contributed by atoms with Crippen LogP contribution in [0.3, 0.4) is 0 Å². The quantitative estimate of drug-likeness (QED) is 0.770. The molecule has 0 unspecified atom stereocenters. The summed E-state index contributed by atoms with van der Waals surface area (Å²) in [6.07, 6.45) is 9.16. The van der Waals surface area contributed by atoms with E-state index in [-0.39, 0.29) is 11.3 Å². The molecular formula is C20H22ClN3OS. The number of carbonyl (C=O) groups excluding carboxylic acids is 1. The maximum absolute atomic E-state index is 12.6. The Bertz CT molecular complexity index is 858. The maximum atomic E-state index is 12.6. The molecule has 3 rings (SSSR count). The second-order valence-corrected chi connectivity index (χ2v) is 8.08. The van der Waals surface area contributed by atoms with E-state index >= 15 is 0 Å². The van der Waals surface area contributed by atoms with Crippen molar-refractivity contribution >= 4 is 39.7 Å². The summed E-state index contributed by atoms with van der Waals surface area (Å²) in [4.78, 5) is 18.9. The molecule has 1 amide bonds. The van der Waals surface area contributed by atoms with Crippen molar-refractivity contribution in [3.63, 3.8) is 0 Å². The Labute approximate surface area is 163 Å². The Hall–Kier alpha value is -2.11. The largest absolute Gasteiger partial charge is 0.378 e. The summed E-state index contributed by atoms with van der Waals surface area (Å²) >= 11 is 7.88. The summed E-state index contributed by atoms with van der Waals surface area (Å²) < 4.78 is 0. The first-order chi connectivity index (χ1) is 12.4. The van der Waals surface area contributed by atoms with Crippen LogP contribution in [-0.4, -0.2) is 25.0 Å². The third kappa shape index (κ3) is 4.34. The number of aromatic nitrogens is 1. The molecule has 0 radical (unpaired) electrons. The van der Waals surface area contributed by atoms with E-state index < -0.39 is 0 Å². The van der Waals surface area contributed by atoms with Crippen LogP contribution in [0.4, 0.5) is 10.8 Å². The second-order valence-electron chi connectivity index (χ2n) is 6.82. The van der Waals surface area contributed by atoms with Crippen molar-refractivity contribution in [2.75, 3.05) is 24.3 Å². The Kier molecular flexibility index (Phi) is 5.49. The number of hydrogen-bond acceptors (Lipinski definition) is 4.